The van der Waals surface area contributed by atoms with Gasteiger partial charge >= 0.3 is 0 Å². The Bertz CT molecular complexity index is 672. The van der Waals surface area contributed by atoms with E-state index in [-0.39, 0.29) is 0 Å². The molecule has 0 radical (unpaired) electrons. The van der Waals surface area contributed by atoms with Gasteiger partial charge in [0.15, 0.2) is 5.96 Å². The van der Waals surface area contributed by atoms with Gasteiger partial charge in [0.05, 0.1) is 6.54 Å². The van der Waals surface area contributed by atoms with E-state index in [1.54, 1.807) is 0 Å². The summed E-state index contributed by atoms with van der Waals surface area (Å²) in [5, 5.41) is 6.84. The SMILES string of the molecule is CCNC(=NCc1cccc(OCCN(C)C2CCOCC2)c1)NCCN1CCCCC1. The molecule has 180 valence electrons. The predicted molar refractivity (Wildman–Crippen MR) is 132 cm³/mol. The molecule has 2 saturated heterocycles. The van der Waals surface area contributed by atoms with Crippen LogP contribution in [0.1, 0.15) is 44.6 Å². The number of nitrogens with one attached hydrogen (secondary N) is 2. The third-order valence-electron chi connectivity index (χ3n) is 6.36. The number of guanidine groups is 1. The first-order valence-electron chi connectivity index (χ1n) is 12.5. The number of aliphatic imine (C=N–C) groups is 1. The second-order valence-electron chi connectivity index (χ2n) is 8.84. The molecule has 7 heteroatoms. The summed E-state index contributed by atoms with van der Waals surface area (Å²) < 4.78 is 11.5. The van der Waals surface area contributed by atoms with Gasteiger partial charge in [0.1, 0.15) is 12.4 Å². The monoisotopic (exact) mass is 445 g/mol. The smallest absolute Gasteiger partial charge is 0.191 e. The minimum absolute atomic E-state index is 0.611. The summed E-state index contributed by atoms with van der Waals surface area (Å²) >= 11 is 0. The molecule has 0 unspecified atom stereocenters. The number of rotatable bonds is 11. The first-order valence-corrected chi connectivity index (χ1v) is 12.5. The van der Waals surface area contributed by atoms with Crippen LogP contribution in [0, 0.1) is 0 Å². The lowest BCUT2D eigenvalue weighted by atomic mass is 10.1. The summed E-state index contributed by atoms with van der Waals surface area (Å²) in [7, 11) is 2.19. The number of hydrogen-bond acceptors (Lipinski definition) is 5. The number of ether oxygens (including phenoxy) is 2. The molecule has 0 saturated carbocycles. The number of likely N-dealkylation sites (N-methyl/N-ethyl adjacent to an activating group) is 1. The van der Waals surface area contributed by atoms with Gasteiger partial charge < -0.3 is 25.0 Å². The largest absolute Gasteiger partial charge is 0.492 e. The zero-order chi connectivity index (χ0) is 22.4. The van der Waals surface area contributed by atoms with Crippen LogP contribution in [0.3, 0.4) is 0 Å². The van der Waals surface area contributed by atoms with Gasteiger partial charge in [-0.1, -0.05) is 18.6 Å². The van der Waals surface area contributed by atoms with Crippen molar-refractivity contribution in [3.8, 4) is 5.75 Å². The normalized spacial score (nSPS) is 18.7. The van der Waals surface area contributed by atoms with Crippen LogP contribution in [-0.2, 0) is 11.3 Å². The summed E-state index contributed by atoms with van der Waals surface area (Å²) in [6, 6.07) is 8.92. The molecule has 7 nitrogen and oxygen atoms in total. The van der Waals surface area contributed by atoms with Crippen molar-refractivity contribution in [2.45, 2.75) is 51.6 Å². The second kappa shape index (κ2) is 14.3. The number of piperidine rings is 1. The summed E-state index contributed by atoms with van der Waals surface area (Å²) in [6.07, 6.45) is 6.27. The summed E-state index contributed by atoms with van der Waals surface area (Å²) in [6.45, 7) is 11.4. The third-order valence-corrected chi connectivity index (χ3v) is 6.36. The topological polar surface area (TPSA) is 61.4 Å². The molecule has 2 heterocycles. The Labute approximate surface area is 194 Å². The van der Waals surface area contributed by atoms with Gasteiger partial charge in [0.25, 0.3) is 0 Å². The fraction of sp³-hybridized carbons (Fsp3) is 0.720. The van der Waals surface area contributed by atoms with Crippen LogP contribution in [0.4, 0.5) is 0 Å². The molecule has 2 aliphatic heterocycles. The number of nitrogens with zero attached hydrogens (tertiary/aromatic N) is 3. The van der Waals surface area contributed by atoms with Gasteiger partial charge in [-0.05, 0) is 70.4 Å². The number of benzene rings is 1. The minimum atomic E-state index is 0.611. The molecule has 2 fully saturated rings. The maximum absolute atomic E-state index is 6.04. The van der Waals surface area contributed by atoms with Crippen LogP contribution in [0.5, 0.6) is 5.75 Å². The Hall–Kier alpha value is -1.83. The Balaban J connectivity index is 1.41. The van der Waals surface area contributed by atoms with Gasteiger partial charge in [-0.3, -0.25) is 4.90 Å². The average Bonchev–Trinajstić information content (AvgIpc) is 2.84. The highest BCUT2D eigenvalue weighted by atomic mass is 16.5. The van der Waals surface area contributed by atoms with Crippen molar-refractivity contribution in [1.29, 1.82) is 0 Å². The van der Waals surface area contributed by atoms with E-state index in [4.69, 9.17) is 14.5 Å². The Morgan fingerprint density at radius 2 is 2.00 bits per heavy atom. The minimum Gasteiger partial charge on any atom is -0.492 e. The van der Waals surface area contributed by atoms with Crippen LogP contribution in [0.25, 0.3) is 0 Å². The van der Waals surface area contributed by atoms with Gasteiger partial charge in [-0.25, -0.2) is 4.99 Å². The van der Waals surface area contributed by atoms with Gasteiger partial charge in [-0.2, -0.15) is 0 Å². The fourth-order valence-electron chi connectivity index (χ4n) is 4.38. The lowest BCUT2D eigenvalue weighted by molar-refractivity contribution is 0.0392. The number of hydrogen-bond donors (Lipinski definition) is 2. The molecule has 0 spiro atoms. The van der Waals surface area contributed by atoms with Crippen molar-refractivity contribution in [3.63, 3.8) is 0 Å². The van der Waals surface area contributed by atoms with Crippen LogP contribution in [-0.4, -0.2) is 87.9 Å². The summed E-state index contributed by atoms with van der Waals surface area (Å²) in [5.74, 6) is 1.80. The summed E-state index contributed by atoms with van der Waals surface area (Å²) in [4.78, 5) is 9.72. The highest BCUT2D eigenvalue weighted by Crippen LogP contribution is 2.16. The maximum Gasteiger partial charge on any atom is 0.191 e. The van der Waals surface area contributed by atoms with Crippen LogP contribution in [0.15, 0.2) is 29.3 Å². The molecule has 0 amide bonds. The molecule has 2 N–H and O–H groups in total. The van der Waals surface area contributed by atoms with E-state index in [1.165, 1.54) is 32.4 Å². The highest BCUT2D eigenvalue weighted by molar-refractivity contribution is 5.79. The van der Waals surface area contributed by atoms with E-state index in [9.17, 15) is 0 Å². The standard InChI is InChI=1S/C25H43N5O2/c1-3-26-25(27-12-15-30-13-5-4-6-14-30)28-21-22-8-7-9-24(20-22)32-19-16-29(2)23-10-17-31-18-11-23/h7-9,20,23H,3-6,10-19,21H2,1-2H3,(H2,26,27,28). The summed E-state index contributed by atoms with van der Waals surface area (Å²) in [5.41, 5.74) is 1.16. The molecule has 2 aliphatic rings. The molecule has 3 rings (SSSR count). The second-order valence-corrected chi connectivity index (χ2v) is 8.84. The number of likely N-dealkylation sites (tertiary alicyclic amines) is 1. The molecule has 0 aliphatic carbocycles. The third kappa shape index (κ3) is 8.96. The lowest BCUT2D eigenvalue weighted by Gasteiger charge is -2.31. The van der Waals surface area contributed by atoms with E-state index in [0.29, 0.717) is 19.2 Å². The molecule has 32 heavy (non-hydrogen) atoms. The Kier molecular flexibility index (Phi) is 11.1. The van der Waals surface area contributed by atoms with E-state index in [0.717, 1.165) is 69.5 Å². The maximum atomic E-state index is 6.04. The highest BCUT2D eigenvalue weighted by Gasteiger charge is 2.18. The molecule has 0 atom stereocenters. The average molecular weight is 446 g/mol. The van der Waals surface area contributed by atoms with E-state index in [2.05, 4.69) is 52.6 Å². The van der Waals surface area contributed by atoms with E-state index >= 15 is 0 Å². The molecular weight excluding hydrogens is 402 g/mol. The van der Waals surface area contributed by atoms with Gasteiger partial charge in [0, 0.05) is 45.4 Å². The van der Waals surface area contributed by atoms with Crippen molar-refractivity contribution in [1.82, 2.24) is 20.4 Å². The molecule has 0 bridgehead atoms. The lowest BCUT2D eigenvalue weighted by Crippen LogP contribution is -2.42. The van der Waals surface area contributed by atoms with Crippen LogP contribution in [0.2, 0.25) is 0 Å². The van der Waals surface area contributed by atoms with Crippen molar-refractivity contribution < 1.29 is 9.47 Å². The molecule has 1 aromatic rings. The van der Waals surface area contributed by atoms with E-state index in [1.807, 2.05) is 6.07 Å². The van der Waals surface area contributed by atoms with Gasteiger partial charge in [-0.15, -0.1) is 0 Å². The van der Waals surface area contributed by atoms with Crippen molar-refractivity contribution in [2.24, 2.45) is 4.99 Å². The van der Waals surface area contributed by atoms with E-state index < -0.39 is 0 Å². The van der Waals surface area contributed by atoms with Crippen molar-refractivity contribution in [2.75, 3.05) is 66.1 Å². The van der Waals surface area contributed by atoms with Crippen molar-refractivity contribution in [3.05, 3.63) is 29.8 Å². The zero-order valence-electron chi connectivity index (χ0n) is 20.2. The first kappa shape index (κ1) is 24.8. The van der Waals surface area contributed by atoms with Crippen LogP contribution < -0.4 is 15.4 Å². The first-order chi connectivity index (χ1) is 15.7. The zero-order valence-corrected chi connectivity index (χ0v) is 20.2. The molecule has 0 aromatic heterocycles. The van der Waals surface area contributed by atoms with Gasteiger partial charge in [0.2, 0.25) is 0 Å². The molecular formula is C25H43N5O2. The Morgan fingerprint density at radius 3 is 2.78 bits per heavy atom. The Morgan fingerprint density at radius 1 is 1.19 bits per heavy atom. The fourth-order valence-corrected chi connectivity index (χ4v) is 4.38. The van der Waals surface area contributed by atoms with Crippen LogP contribution >= 0.6 is 0 Å². The quantitative estimate of drug-likeness (QED) is 0.403. The van der Waals surface area contributed by atoms with Crippen molar-refractivity contribution >= 4 is 5.96 Å². The predicted octanol–water partition coefficient (Wildman–Crippen LogP) is 2.72. The molecule has 1 aromatic carbocycles.